The van der Waals surface area contributed by atoms with Crippen LogP contribution in [-0.4, -0.2) is 26.4 Å². The van der Waals surface area contributed by atoms with Gasteiger partial charge in [0.25, 0.3) is 0 Å². The molecule has 0 bridgehead atoms. The molecule has 1 aromatic rings. The minimum Gasteiger partial charge on any atom is -0.467 e. The lowest BCUT2D eigenvalue weighted by Gasteiger charge is -2.13. The van der Waals surface area contributed by atoms with E-state index in [-0.39, 0.29) is 6.10 Å². The van der Waals surface area contributed by atoms with Crippen LogP contribution >= 0.6 is 0 Å². The van der Waals surface area contributed by atoms with Crippen molar-refractivity contribution >= 4 is 0 Å². The van der Waals surface area contributed by atoms with Crippen molar-refractivity contribution in [3.05, 3.63) is 24.2 Å². The predicted octanol–water partition coefficient (Wildman–Crippen LogP) is 2.11. The van der Waals surface area contributed by atoms with Gasteiger partial charge in [-0.2, -0.15) is 0 Å². The SMILES string of the molecule is CCCCOCCOC(CN)c1ccco1. The number of unbranched alkanes of at least 4 members (excludes halogenated alkanes) is 1. The Labute approximate surface area is 96.7 Å². The van der Waals surface area contributed by atoms with Crippen molar-refractivity contribution in [2.45, 2.75) is 25.9 Å². The van der Waals surface area contributed by atoms with Crippen LogP contribution in [0, 0.1) is 0 Å². The molecular weight excluding hydrogens is 206 g/mol. The Hall–Kier alpha value is -0.840. The van der Waals surface area contributed by atoms with Crippen molar-refractivity contribution in [1.29, 1.82) is 0 Å². The molecule has 0 aliphatic heterocycles. The molecule has 1 unspecified atom stereocenters. The molecule has 0 aliphatic rings. The van der Waals surface area contributed by atoms with Gasteiger partial charge in [-0.25, -0.2) is 0 Å². The molecule has 0 saturated carbocycles. The number of hydrogen-bond acceptors (Lipinski definition) is 4. The summed E-state index contributed by atoms with van der Waals surface area (Å²) in [6, 6.07) is 3.70. The standard InChI is InChI=1S/C12H21NO3/c1-2-3-6-14-8-9-16-12(10-13)11-5-4-7-15-11/h4-5,7,12H,2-3,6,8-10,13H2,1H3. The summed E-state index contributed by atoms with van der Waals surface area (Å²) in [5, 5.41) is 0. The lowest BCUT2D eigenvalue weighted by molar-refractivity contribution is -0.00143. The number of ether oxygens (including phenoxy) is 2. The molecule has 92 valence electrons. The fraction of sp³-hybridized carbons (Fsp3) is 0.667. The second-order valence-electron chi connectivity index (χ2n) is 3.58. The molecule has 0 radical (unpaired) electrons. The molecule has 4 nitrogen and oxygen atoms in total. The summed E-state index contributed by atoms with van der Waals surface area (Å²) in [5.41, 5.74) is 5.60. The Morgan fingerprint density at radius 1 is 1.38 bits per heavy atom. The highest BCUT2D eigenvalue weighted by Crippen LogP contribution is 2.15. The van der Waals surface area contributed by atoms with Gasteiger partial charge in [0, 0.05) is 13.2 Å². The first-order chi connectivity index (χ1) is 7.88. The predicted molar refractivity (Wildman–Crippen MR) is 62.2 cm³/mol. The normalized spacial score (nSPS) is 12.9. The minimum atomic E-state index is -0.162. The highest BCUT2D eigenvalue weighted by Gasteiger charge is 2.12. The van der Waals surface area contributed by atoms with Gasteiger partial charge in [0.05, 0.1) is 19.5 Å². The summed E-state index contributed by atoms with van der Waals surface area (Å²) in [7, 11) is 0. The molecular formula is C12H21NO3. The summed E-state index contributed by atoms with van der Waals surface area (Å²) in [6.07, 6.45) is 3.71. The smallest absolute Gasteiger partial charge is 0.133 e. The summed E-state index contributed by atoms with van der Waals surface area (Å²) < 4.78 is 16.2. The van der Waals surface area contributed by atoms with Crippen molar-refractivity contribution in [3.63, 3.8) is 0 Å². The van der Waals surface area contributed by atoms with E-state index in [9.17, 15) is 0 Å². The average Bonchev–Trinajstić information content (AvgIpc) is 2.82. The van der Waals surface area contributed by atoms with Crippen LogP contribution in [0.5, 0.6) is 0 Å². The lowest BCUT2D eigenvalue weighted by Crippen LogP contribution is -2.17. The molecule has 0 aromatic carbocycles. The zero-order valence-corrected chi connectivity index (χ0v) is 9.85. The maximum absolute atomic E-state index is 5.60. The van der Waals surface area contributed by atoms with Gasteiger partial charge in [0.2, 0.25) is 0 Å². The highest BCUT2D eigenvalue weighted by molar-refractivity contribution is 5.02. The maximum Gasteiger partial charge on any atom is 0.133 e. The van der Waals surface area contributed by atoms with E-state index in [4.69, 9.17) is 19.6 Å². The third-order valence-electron chi connectivity index (χ3n) is 2.26. The fourth-order valence-electron chi connectivity index (χ4n) is 1.34. The fourth-order valence-corrected chi connectivity index (χ4v) is 1.34. The maximum atomic E-state index is 5.60. The second kappa shape index (κ2) is 8.33. The molecule has 2 N–H and O–H groups in total. The van der Waals surface area contributed by atoms with E-state index in [1.165, 1.54) is 0 Å². The molecule has 4 heteroatoms. The molecule has 1 heterocycles. The Morgan fingerprint density at radius 3 is 2.88 bits per heavy atom. The monoisotopic (exact) mass is 227 g/mol. The number of nitrogens with two attached hydrogens (primary N) is 1. The van der Waals surface area contributed by atoms with E-state index >= 15 is 0 Å². The van der Waals surface area contributed by atoms with Crippen LogP contribution in [0.4, 0.5) is 0 Å². The third kappa shape index (κ3) is 4.79. The molecule has 16 heavy (non-hydrogen) atoms. The summed E-state index contributed by atoms with van der Waals surface area (Å²) >= 11 is 0. The van der Waals surface area contributed by atoms with Crippen molar-refractivity contribution in [2.75, 3.05) is 26.4 Å². The molecule has 1 rings (SSSR count). The van der Waals surface area contributed by atoms with Crippen LogP contribution in [-0.2, 0) is 9.47 Å². The zero-order valence-electron chi connectivity index (χ0n) is 9.85. The van der Waals surface area contributed by atoms with E-state index in [1.807, 2.05) is 12.1 Å². The summed E-state index contributed by atoms with van der Waals surface area (Å²) in [6.45, 7) is 4.51. The number of furan rings is 1. The Balaban J connectivity index is 2.11. The lowest BCUT2D eigenvalue weighted by atomic mass is 10.3. The van der Waals surface area contributed by atoms with Gasteiger partial charge in [-0.05, 0) is 18.6 Å². The van der Waals surface area contributed by atoms with Gasteiger partial charge in [-0.15, -0.1) is 0 Å². The second-order valence-corrected chi connectivity index (χ2v) is 3.58. The number of hydrogen-bond donors (Lipinski definition) is 1. The molecule has 1 aromatic heterocycles. The zero-order chi connectivity index (χ0) is 11.6. The summed E-state index contributed by atoms with van der Waals surface area (Å²) in [5.74, 6) is 0.774. The Kier molecular flexibility index (Phi) is 6.88. The van der Waals surface area contributed by atoms with E-state index in [0.29, 0.717) is 19.8 Å². The molecule has 0 amide bonds. The largest absolute Gasteiger partial charge is 0.467 e. The third-order valence-corrected chi connectivity index (χ3v) is 2.26. The Bertz CT molecular complexity index is 249. The van der Waals surface area contributed by atoms with Crippen LogP contribution in [0.3, 0.4) is 0 Å². The van der Waals surface area contributed by atoms with Gasteiger partial charge < -0.3 is 19.6 Å². The Morgan fingerprint density at radius 2 is 2.25 bits per heavy atom. The van der Waals surface area contributed by atoms with Crippen molar-refractivity contribution < 1.29 is 13.9 Å². The van der Waals surface area contributed by atoms with Gasteiger partial charge in [0.1, 0.15) is 11.9 Å². The van der Waals surface area contributed by atoms with Crippen LogP contribution in [0.1, 0.15) is 31.6 Å². The van der Waals surface area contributed by atoms with Crippen molar-refractivity contribution in [3.8, 4) is 0 Å². The molecule has 1 atom stereocenters. The van der Waals surface area contributed by atoms with Crippen LogP contribution in [0.25, 0.3) is 0 Å². The van der Waals surface area contributed by atoms with E-state index < -0.39 is 0 Å². The highest BCUT2D eigenvalue weighted by atomic mass is 16.5. The average molecular weight is 227 g/mol. The van der Waals surface area contributed by atoms with Crippen LogP contribution < -0.4 is 5.73 Å². The molecule has 0 spiro atoms. The molecule has 0 saturated heterocycles. The van der Waals surface area contributed by atoms with E-state index in [0.717, 1.165) is 25.2 Å². The van der Waals surface area contributed by atoms with Gasteiger partial charge in [0.15, 0.2) is 0 Å². The number of rotatable bonds is 9. The molecule has 0 aliphatic carbocycles. The van der Waals surface area contributed by atoms with E-state index in [2.05, 4.69) is 6.92 Å². The first kappa shape index (κ1) is 13.2. The van der Waals surface area contributed by atoms with Crippen molar-refractivity contribution in [2.24, 2.45) is 5.73 Å². The van der Waals surface area contributed by atoms with Crippen LogP contribution in [0.2, 0.25) is 0 Å². The van der Waals surface area contributed by atoms with Gasteiger partial charge in [-0.1, -0.05) is 13.3 Å². The van der Waals surface area contributed by atoms with Crippen LogP contribution in [0.15, 0.2) is 22.8 Å². The van der Waals surface area contributed by atoms with Gasteiger partial charge in [-0.3, -0.25) is 0 Å². The topological polar surface area (TPSA) is 57.6 Å². The van der Waals surface area contributed by atoms with Gasteiger partial charge >= 0.3 is 0 Å². The first-order valence-electron chi connectivity index (χ1n) is 5.81. The summed E-state index contributed by atoms with van der Waals surface area (Å²) in [4.78, 5) is 0. The first-order valence-corrected chi connectivity index (χ1v) is 5.81. The van der Waals surface area contributed by atoms with E-state index in [1.54, 1.807) is 6.26 Å². The molecule has 0 fully saturated rings. The minimum absolute atomic E-state index is 0.162. The van der Waals surface area contributed by atoms with Crippen molar-refractivity contribution in [1.82, 2.24) is 0 Å². The quantitative estimate of drug-likeness (QED) is 0.656.